The predicted molar refractivity (Wildman–Crippen MR) is 87.0 cm³/mol. The van der Waals surface area contributed by atoms with E-state index in [1.807, 2.05) is 24.3 Å². The molecule has 9 nitrogen and oxygen atoms in total. The minimum absolute atomic E-state index is 0.136. The van der Waals surface area contributed by atoms with Crippen molar-refractivity contribution in [3.8, 4) is 0 Å². The van der Waals surface area contributed by atoms with E-state index < -0.39 is 30.0 Å². The number of aromatic amines is 1. The van der Waals surface area contributed by atoms with Crippen molar-refractivity contribution in [3.05, 3.63) is 36.0 Å². The molecule has 0 aliphatic carbocycles. The van der Waals surface area contributed by atoms with E-state index in [9.17, 15) is 14.4 Å². The van der Waals surface area contributed by atoms with Gasteiger partial charge in [0.15, 0.2) is 0 Å². The van der Waals surface area contributed by atoms with Crippen molar-refractivity contribution >= 4 is 28.8 Å². The van der Waals surface area contributed by atoms with Crippen molar-refractivity contribution in [2.75, 3.05) is 0 Å². The third-order valence-electron chi connectivity index (χ3n) is 3.68. The first-order valence-electron chi connectivity index (χ1n) is 7.58. The summed E-state index contributed by atoms with van der Waals surface area (Å²) in [7, 11) is 0. The van der Waals surface area contributed by atoms with Crippen LogP contribution in [0.4, 0.5) is 0 Å². The van der Waals surface area contributed by atoms with Gasteiger partial charge in [-0.05, 0) is 18.1 Å². The molecule has 1 heterocycles. The van der Waals surface area contributed by atoms with Crippen molar-refractivity contribution in [2.24, 2.45) is 11.5 Å². The Morgan fingerprint density at radius 2 is 1.80 bits per heavy atom. The molecule has 0 amide bonds. The van der Waals surface area contributed by atoms with E-state index in [0.29, 0.717) is 0 Å². The molecule has 0 unspecified atom stereocenters. The molecule has 2 rings (SSSR count). The Hall–Kier alpha value is -2.75. The minimum atomic E-state index is -1.21. The van der Waals surface area contributed by atoms with Gasteiger partial charge >= 0.3 is 17.9 Å². The summed E-state index contributed by atoms with van der Waals surface area (Å²) < 4.78 is 4.65. The molecule has 0 saturated carbocycles. The number of H-pyrrole nitrogens is 1. The number of para-hydroxylation sites is 1. The smallest absolute Gasteiger partial charge is 0.342 e. The quantitative estimate of drug-likeness (QED) is 0.239. The van der Waals surface area contributed by atoms with Crippen molar-refractivity contribution in [1.29, 1.82) is 0 Å². The number of carbonyl (C=O) groups excluding carboxylic acids is 3. The predicted octanol–water partition coefficient (Wildman–Crippen LogP) is 0.231. The van der Waals surface area contributed by atoms with Gasteiger partial charge in [0.25, 0.3) is 0 Å². The van der Waals surface area contributed by atoms with Crippen molar-refractivity contribution in [1.82, 2.24) is 4.98 Å². The molecule has 25 heavy (non-hydrogen) atoms. The molecule has 2 atom stereocenters. The second-order valence-electron chi connectivity index (χ2n) is 5.52. The van der Waals surface area contributed by atoms with Gasteiger partial charge in [0, 0.05) is 23.5 Å². The SMILES string of the molecule is N[C@@H](CCC(=O)OO)C(=O)OC(=O)[C@@H](N)Cc1c[nH]c2ccccc12. The summed E-state index contributed by atoms with van der Waals surface area (Å²) in [4.78, 5) is 41.0. The zero-order valence-electron chi connectivity index (χ0n) is 13.3. The van der Waals surface area contributed by atoms with E-state index in [0.717, 1.165) is 16.5 Å². The zero-order valence-corrected chi connectivity index (χ0v) is 13.3. The fourth-order valence-corrected chi connectivity index (χ4v) is 2.31. The van der Waals surface area contributed by atoms with Gasteiger partial charge < -0.3 is 26.1 Å². The Morgan fingerprint density at radius 3 is 2.52 bits per heavy atom. The number of carbonyl (C=O) groups is 3. The average molecular weight is 349 g/mol. The summed E-state index contributed by atoms with van der Waals surface area (Å²) in [5.74, 6) is -2.84. The maximum atomic E-state index is 11.9. The number of fused-ring (bicyclic) bond motifs is 1. The molecule has 134 valence electrons. The molecule has 1 aromatic carbocycles. The van der Waals surface area contributed by atoms with Crippen LogP contribution in [0.15, 0.2) is 30.5 Å². The van der Waals surface area contributed by atoms with Gasteiger partial charge in [-0.25, -0.2) is 14.4 Å². The molecule has 9 heteroatoms. The highest BCUT2D eigenvalue weighted by Gasteiger charge is 2.24. The van der Waals surface area contributed by atoms with Gasteiger partial charge in [0.2, 0.25) is 0 Å². The zero-order chi connectivity index (χ0) is 18.4. The third kappa shape index (κ3) is 4.86. The molecular weight excluding hydrogens is 330 g/mol. The average Bonchev–Trinajstić information content (AvgIpc) is 3.02. The second kappa shape index (κ2) is 8.38. The summed E-state index contributed by atoms with van der Waals surface area (Å²) in [5.41, 5.74) is 13.1. The molecule has 0 radical (unpaired) electrons. The normalized spacial score (nSPS) is 13.2. The van der Waals surface area contributed by atoms with E-state index in [1.165, 1.54) is 0 Å². The van der Waals surface area contributed by atoms with E-state index in [4.69, 9.17) is 16.7 Å². The number of ether oxygens (including phenoxy) is 1. The highest BCUT2D eigenvalue weighted by molar-refractivity contribution is 5.91. The van der Waals surface area contributed by atoms with Crippen LogP contribution in [-0.4, -0.2) is 40.2 Å². The standard InChI is InChI=1S/C16H19N3O6/c17-11(5-6-14(20)25-23)15(21)24-16(22)12(18)7-9-8-19-13-4-2-1-3-10(9)13/h1-4,8,11-12,19,23H,5-7,17-18H2/t11-,12-/m0/s1. The van der Waals surface area contributed by atoms with E-state index in [-0.39, 0.29) is 19.3 Å². The van der Waals surface area contributed by atoms with Crippen LogP contribution in [0.25, 0.3) is 10.9 Å². The van der Waals surface area contributed by atoms with Gasteiger partial charge in [-0.2, -0.15) is 5.26 Å². The Morgan fingerprint density at radius 1 is 1.12 bits per heavy atom. The first kappa shape index (κ1) is 18.6. The van der Waals surface area contributed by atoms with Crippen LogP contribution in [0.1, 0.15) is 18.4 Å². The lowest BCUT2D eigenvalue weighted by atomic mass is 10.1. The summed E-state index contributed by atoms with van der Waals surface area (Å²) in [6, 6.07) is 5.27. The molecule has 0 spiro atoms. The van der Waals surface area contributed by atoms with Crippen LogP contribution >= 0.6 is 0 Å². The lowest BCUT2D eigenvalue weighted by molar-refractivity contribution is -0.234. The van der Waals surface area contributed by atoms with Gasteiger partial charge in [0.1, 0.15) is 12.1 Å². The number of esters is 2. The van der Waals surface area contributed by atoms with Crippen LogP contribution in [0.2, 0.25) is 0 Å². The van der Waals surface area contributed by atoms with Gasteiger partial charge in [-0.1, -0.05) is 18.2 Å². The highest BCUT2D eigenvalue weighted by Crippen LogP contribution is 2.19. The van der Waals surface area contributed by atoms with Gasteiger partial charge in [-0.3, -0.25) is 0 Å². The first-order valence-corrected chi connectivity index (χ1v) is 7.58. The summed E-state index contributed by atoms with van der Waals surface area (Å²) in [6.07, 6.45) is 1.50. The molecule has 2 aromatic rings. The number of benzene rings is 1. The maximum absolute atomic E-state index is 11.9. The fraction of sp³-hybridized carbons (Fsp3) is 0.312. The highest BCUT2D eigenvalue weighted by atomic mass is 17.1. The monoisotopic (exact) mass is 349 g/mol. The Balaban J connectivity index is 1.89. The number of nitrogens with two attached hydrogens (primary N) is 2. The molecule has 0 aliphatic heterocycles. The Labute approximate surface area is 142 Å². The number of aromatic nitrogens is 1. The van der Waals surface area contributed by atoms with Crippen LogP contribution in [-0.2, 0) is 30.4 Å². The molecule has 6 N–H and O–H groups in total. The largest absolute Gasteiger partial charge is 0.391 e. The topological polar surface area (TPSA) is 158 Å². The van der Waals surface area contributed by atoms with Crippen LogP contribution in [0.5, 0.6) is 0 Å². The molecule has 1 aromatic heterocycles. The number of hydrogen-bond acceptors (Lipinski definition) is 8. The van der Waals surface area contributed by atoms with Gasteiger partial charge in [0.05, 0.1) is 6.42 Å². The summed E-state index contributed by atoms with van der Waals surface area (Å²) in [5, 5.41) is 9.05. The molecule has 0 fully saturated rings. The summed E-state index contributed by atoms with van der Waals surface area (Å²) in [6.45, 7) is 0. The van der Waals surface area contributed by atoms with E-state index in [2.05, 4.69) is 14.6 Å². The Kier molecular flexibility index (Phi) is 6.23. The van der Waals surface area contributed by atoms with Crippen molar-refractivity contribution < 1.29 is 29.3 Å². The van der Waals surface area contributed by atoms with Crippen LogP contribution in [0, 0.1) is 0 Å². The Bertz CT molecular complexity index is 772. The van der Waals surface area contributed by atoms with Gasteiger partial charge in [-0.15, -0.1) is 0 Å². The minimum Gasteiger partial charge on any atom is -0.391 e. The van der Waals surface area contributed by atoms with Crippen molar-refractivity contribution in [3.63, 3.8) is 0 Å². The number of hydrogen-bond donors (Lipinski definition) is 4. The van der Waals surface area contributed by atoms with Crippen LogP contribution < -0.4 is 11.5 Å². The summed E-state index contributed by atoms with van der Waals surface area (Å²) >= 11 is 0. The number of nitrogens with one attached hydrogen (secondary N) is 1. The van der Waals surface area contributed by atoms with Crippen molar-refractivity contribution in [2.45, 2.75) is 31.3 Å². The second-order valence-corrected chi connectivity index (χ2v) is 5.52. The van der Waals surface area contributed by atoms with Crippen LogP contribution in [0.3, 0.4) is 0 Å². The lowest BCUT2D eigenvalue weighted by Crippen LogP contribution is -2.40. The molecule has 0 saturated heterocycles. The molecule has 0 bridgehead atoms. The number of rotatable bonds is 7. The molecule has 0 aliphatic rings. The third-order valence-corrected chi connectivity index (χ3v) is 3.68. The first-order chi connectivity index (χ1) is 11.9. The van der Waals surface area contributed by atoms with E-state index >= 15 is 0 Å². The van der Waals surface area contributed by atoms with E-state index in [1.54, 1.807) is 6.20 Å². The maximum Gasteiger partial charge on any atom is 0.342 e. The fourth-order valence-electron chi connectivity index (χ4n) is 2.31. The lowest BCUT2D eigenvalue weighted by Gasteiger charge is -2.13. The molecular formula is C16H19N3O6.